The zero-order valence-electron chi connectivity index (χ0n) is 10.9. The maximum atomic E-state index is 11.7. The van der Waals surface area contributed by atoms with Gasteiger partial charge in [0.15, 0.2) is 5.69 Å². The summed E-state index contributed by atoms with van der Waals surface area (Å²) in [5.41, 5.74) is 7.48. The van der Waals surface area contributed by atoms with E-state index in [1.54, 1.807) is 29.1 Å². The van der Waals surface area contributed by atoms with Gasteiger partial charge in [0.2, 0.25) is 0 Å². The van der Waals surface area contributed by atoms with E-state index in [0.717, 1.165) is 18.5 Å². The molecule has 1 aromatic carbocycles. The SMILES string of the molecule is CCCCOC(=O)c1ccn(-c2cccc(N)c2)n1. The summed E-state index contributed by atoms with van der Waals surface area (Å²) >= 11 is 0. The molecule has 0 atom stereocenters. The average molecular weight is 259 g/mol. The maximum absolute atomic E-state index is 11.7. The second-order valence-corrected chi connectivity index (χ2v) is 4.23. The van der Waals surface area contributed by atoms with Gasteiger partial charge in [-0.1, -0.05) is 19.4 Å². The van der Waals surface area contributed by atoms with Gasteiger partial charge in [-0.05, 0) is 30.7 Å². The highest BCUT2D eigenvalue weighted by atomic mass is 16.5. The highest BCUT2D eigenvalue weighted by molar-refractivity contribution is 5.87. The Bertz CT molecular complexity index is 563. The number of carbonyl (C=O) groups excluding carboxylic acids is 1. The van der Waals surface area contributed by atoms with Gasteiger partial charge in [0.1, 0.15) is 0 Å². The molecule has 1 heterocycles. The smallest absolute Gasteiger partial charge is 0.358 e. The first-order valence-corrected chi connectivity index (χ1v) is 6.29. The number of anilines is 1. The van der Waals surface area contributed by atoms with E-state index in [1.165, 1.54) is 0 Å². The van der Waals surface area contributed by atoms with Crippen molar-refractivity contribution in [3.05, 3.63) is 42.2 Å². The minimum Gasteiger partial charge on any atom is -0.461 e. The highest BCUT2D eigenvalue weighted by Crippen LogP contribution is 2.12. The number of unbranched alkanes of at least 4 members (excludes halogenated alkanes) is 1. The molecule has 0 aliphatic carbocycles. The first-order chi connectivity index (χ1) is 9.20. The van der Waals surface area contributed by atoms with Crippen LogP contribution in [0.4, 0.5) is 5.69 Å². The number of hydrogen-bond acceptors (Lipinski definition) is 4. The number of rotatable bonds is 5. The van der Waals surface area contributed by atoms with Crippen LogP contribution >= 0.6 is 0 Å². The van der Waals surface area contributed by atoms with Crippen molar-refractivity contribution in [2.45, 2.75) is 19.8 Å². The largest absolute Gasteiger partial charge is 0.461 e. The van der Waals surface area contributed by atoms with Crippen LogP contribution in [0.25, 0.3) is 5.69 Å². The van der Waals surface area contributed by atoms with E-state index >= 15 is 0 Å². The van der Waals surface area contributed by atoms with Gasteiger partial charge in [0.05, 0.1) is 12.3 Å². The number of aromatic nitrogens is 2. The normalized spacial score (nSPS) is 10.4. The Labute approximate surface area is 112 Å². The number of nitrogen functional groups attached to an aromatic ring is 1. The van der Waals surface area contributed by atoms with Crippen molar-refractivity contribution in [2.24, 2.45) is 0 Å². The summed E-state index contributed by atoms with van der Waals surface area (Å²) in [5, 5.41) is 4.19. The molecule has 2 N–H and O–H groups in total. The van der Waals surface area contributed by atoms with Crippen LogP contribution in [-0.2, 0) is 4.74 Å². The molecule has 0 unspecified atom stereocenters. The fraction of sp³-hybridized carbons (Fsp3) is 0.286. The Morgan fingerprint density at radius 1 is 1.42 bits per heavy atom. The van der Waals surface area contributed by atoms with Crippen molar-refractivity contribution < 1.29 is 9.53 Å². The molecule has 0 aliphatic rings. The summed E-state index contributed by atoms with van der Waals surface area (Å²) in [5.74, 6) is -0.392. The number of nitrogens with zero attached hydrogens (tertiary/aromatic N) is 2. The van der Waals surface area contributed by atoms with Gasteiger partial charge in [-0.3, -0.25) is 0 Å². The molecule has 1 aromatic heterocycles. The molecule has 0 fully saturated rings. The number of ether oxygens (including phenoxy) is 1. The fourth-order valence-corrected chi connectivity index (χ4v) is 1.63. The van der Waals surface area contributed by atoms with Gasteiger partial charge in [0, 0.05) is 11.9 Å². The molecule has 0 saturated carbocycles. The summed E-state index contributed by atoms with van der Waals surface area (Å²) in [6, 6.07) is 8.94. The summed E-state index contributed by atoms with van der Waals surface area (Å²) < 4.78 is 6.71. The maximum Gasteiger partial charge on any atom is 0.358 e. The summed E-state index contributed by atoms with van der Waals surface area (Å²) in [7, 11) is 0. The van der Waals surface area contributed by atoms with Crippen LogP contribution < -0.4 is 5.73 Å². The second-order valence-electron chi connectivity index (χ2n) is 4.23. The Morgan fingerprint density at radius 2 is 2.26 bits per heavy atom. The summed E-state index contributed by atoms with van der Waals surface area (Å²) in [4.78, 5) is 11.7. The number of nitrogens with two attached hydrogens (primary N) is 1. The van der Waals surface area contributed by atoms with Crippen LogP contribution in [0, 0.1) is 0 Å². The monoisotopic (exact) mass is 259 g/mol. The third-order valence-corrected chi connectivity index (χ3v) is 2.66. The fourth-order valence-electron chi connectivity index (χ4n) is 1.63. The molecule has 0 saturated heterocycles. The van der Waals surface area contributed by atoms with Crippen LogP contribution in [0.1, 0.15) is 30.3 Å². The Hall–Kier alpha value is -2.30. The topological polar surface area (TPSA) is 70.1 Å². The number of benzene rings is 1. The lowest BCUT2D eigenvalue weighted by atomic mass is 10.3. The van der Waals surface area contributed by atoms with E-state index in [0.29, 0.717) is 18.0 Å². The molecule has 5 heteroatoms. The summed E-state index contributed by atoms with van der Waals surface area (Å²) in [6.07, 6.45) is 3.57. The molecule has 0 amide bonds. The Kier molecular flexibility index (Phi) is 4.18. The third kappa shape index (κ3) is 3.34. The third-order valence-electron chi connectivity index (χ3n) is 2.66. The van der Waals surface area contributed by atoms with Gasteiger partial charge >= 0.3 is 5.97 Å². The van der Waals surface area contributed by atoms with Crippen LogP contribution in [0.15, 0.2) is 36.5 Å². The van der Waals surface area contributed by atoms with E-state index in [1.807, 2.05) is 19.1 Å². The lowest BCUT2D eigenvalue weighted by Crippen LogP contribution is -2.08. The van der Waals surface area contributed by atoms with Crippen molar-refractivity contribution >= 4 is 11.7 Å². The quantitative estimate of drug-likeness (QED) is 0.508. The molecule has 2 aromatic rings. The lowest BCUT2D eigenvalue weighted by molar-refractivity contribution is 0.0492. The van der Waals surface area contributed by atoms with Gasteiger partial charge < -0.3 is 10.5 Å². The molecule has 0 radical (unpaired) electrons. The Morgan fingerprint density at radius 3 is 3.00 bits per heavy atom. The van der Waals surface area contributed by atoms with Crippen LogP contribution in [0.3, 0.4) is 0 Å². The van der Waals surface area contributed by atoms with Crippen molar-refractivity contribution in [3.8, 4) is 5.69 Å². The predicted molar refractivity (Wildman–Crippen MR) is 73.2 cm³/mol. The van der Waals surface area contributed by atoms with Crippen LogP contribution in [0.2, 0.25) is 0 Å². The number of esters is 1. The number of carbonyl (C=O) groups is 1. The zero-order chi connectivity index (χ0) is 13.7. The van der Waals surface area contributed by atoms with E-state index < -0.39 is 5.97 Å². The van der Waals surface area contributed by atoms with Gasteiger partial charge in [-0.2, -0.15) is 5.10 Å². The van der Waals surface area contributed by atoms with Crippen LogP contribution in [-0.4, -0.2) is 22.4 Å². The Balaban J connectivity index is 2.08. The van der Waals surface area contributed by atoms with Crippen molar-refractivity contribution in [3.63, 3.8) is 0 Å². The van der Waals surface area contributed by atoms with E-state index in [4.69, 9.17) is 10.5 Å². The van der Waals surface area contributed by atoms with Gasteiger partial charge in [-0.15, -0.1) is 0 Å². The molecular weight excluding hydrogens is 242 g/mol. The number of hydrogen-bond donors (Lipinski definition) is 1. The first kappa shape index (κ1) is 13.1. The predicted octanol–water partition coefficient (Wildman–Crippen LogP) is 2.41. The zero-order valence-corrected chi connectivity index (χ0v) is 10.9. The van der Waals surface area contributed by atoms with Gasteiger partial charge in [0.25, 0.3) is 0 Å². The molecule has 0 aliphatic heterocycles. The molecule has 5 nitrogen and oxygen atoms in total. The van der Waals surface area contributed by atoms with Crippen molar-refractivity contribution in [2.75, 3.05) is 12.3 Å². The minimum atomic E-state index is -0.392. The molecular formula is C14H17N3O2. The van der Waals surface area contributed by atoms with Gasteiger partial charge in [-0.25, -0.2) is 9.48 Å². The second kappa shape index (κ2) is 6.04. The van der Waals surface area contributed by atoms with E-state index in [9.17, 15) is 4.79 Å². The molecule has 100 valence electrons. The van der Waals surface area contributed by atoms with E-state index in [-0.39, 0.29) is 0 Å². The summed E-state index contributed by atoms with van der Waals surface area (Å²) in [6.45, 7) is 2.48. The standard InChI is InChI=1S/C14H17N3O2/c1-2-3-9-19-14(18)13-7-8-17(16-13)12-6-4-5-11(15)10-12/h4-8,10H,2-3,9,15H2,1H3. The minimum absolute atomic E-state index is 0.304. The van der Waals surface area contributed by atoms with Crippen molar-refractivity contribution in [1.29, 1.82) is 0 Å². The molecule has 19 heavy (non-hydrogen) atoms. The van der Waals surface area contributed by atoms with E-state index in [2.05, 4.69) is 5.10 Å². The molecule has 0 bridgehead atoms. The average Bonchev–Trinajstić information content (AvgIpc) is 2.88. The van der Waals surface area contributed by atoms with Crippen LogP contribution in [0.5, 0.6) is 0 Å². The molecule has 0 spiro atoms. The lowest BCUT2D eigenvalue weighted by Gasteiger charge is -2.02. The molecule has 2 rings (SSSR count). The highest BCUT2D eigenvalue weighted by Gasteiger charge is 2.11. The first-order valence-electron chi connectivity index (χ1n) is 6.29. The van der Waals surface area contributed by atoms with Crippen molar-refractivity contribution in [1.82, 2.24) is 9.78 Å².